The van der Waals surface area contributed by atoms with Gasteiger partial charge in [-0.2, -0.15) is 0 Å². The summed E-state index contributed by atoms with van der Waals surface area (Å²) in [5, 5.41) is 13.4. The highest BCUT2D eigenvalue weighted by Crippen LogP contribution is 2.31. The van der Waals surface area contributed by atoms with Crippen molar-refractivity contribution in [1.29, 1.82) is 0 Å². The summed E-state index contributed by atoms with van der Waals surface area (Å²) in [6.07, 6.45) is 3.86. The second kappa shape index (κ2) is 5.57. The molecule has 2 aromatic rings. The molecule has 0 saturated heterocycles. The molecule has 1 N–H and O–H groups in total. The van der Waals surface area contributed by atoms with Gasteiger partial charge in [0.05, 0.1) is 6.10 Å². The highest BCUT2D eigenvalue weighted by atomic mass is 32.1. The second-order valence-corrected chi connectivity index (χ2v) is 5.66. The minimum absolute atomic E-state index is 0.423. The van der Waals surface area contributed by atoms with Gasteiger partial charge in [-0.05, 0) is 31.4 Å². The Balaban J connectivity index is 1.74. The maximum atomic E-state index is 5.80. The molecule has 1 fully saturated rings. The molecule has 19 heavy (non-hydrogen) atoms. The molecule has 1 aliphatic rings. The van der Waals surface area contributed by atoms with Crippen molar-refractivity contribution in [3.8, 4) is 16.3 Å². The number of rotatable bonds is 6. The number of ether oxygens (including phenoxy) is 1. The molecule has 0 unspecified atom stereocenters. The third kappa shape index (κ3) is 3.23. The summed E-state index contributed by atoms with van der Waals surface area (Å²) in [6, 6.07) is 8.10. The van der Waals surface area contributed by atoms with Gasteiger partial charge in [0.25, 0.3) is 0 Å². The molecule has 100 valence electrons. The van der Waals surface area contributed by atoms with Crippen LogP contribution in [0.15, 0.2) is 24.3 Å². The number of aromatic nitrogens is 2. The zero-order valence-electron chi connectivity index (χ0n) is 10.9. The summed E-state index contributed by atoms with van der Waals surface area (Å²) in [5.41, 5.74) is 1.07. The summed E-state index contributed by atoms with van der Waals surface area (Å²) in [4.78, 5) is 0. The van der Waals surface area contributed by atoms with Crippen LogP contribution in [0.1, 0.15) is 26.2 Å². The normalized spacial score (nSPS) is 14.4. The van der Waals surface area contributed by atoms with Crippen LogP contribution in [-0.2, 0) is 0 Å². The van der Waals surface area contributed by atoms with Crippen molar-refractivity contribution in [3.63, 3.8) is 0 Å². The van der Waals surface area contributed by atoms with E-state index >= 15 is 0 Å². The Labute approximate surface area is 116 Å². The minimum atomic E-state index is 0.423. The molecule has 0 aliphatic heterocycles. The molecule has 0 amide bonds. The lowest BCUT2D eigenvalue weighted by Crippen LogP contribution is -1.98. The third-order valence-electron chi connectivity index (χ3n) is 2.86. The van der Waals surface area contributed by atoms with Gasteiger partial charge in [0, 0.05) is 12.1 Å². The van der Waals surface area contributed by atoms with E-state index in [0.717, 1.165) is 34.4 Å². The number of hydrogen-bond donors (Lipinski definition) is 1. The Morgan fingerprint density at radius 3 is 3.05 bits per heavy atom. The van der Waals surface area contributed by atoms with Crippen LogP contribution >= 0.6 is 11.3 Å². The molecule has 3 rings (SSSR count). The van der Waals surface area contributed by atoms with Crippen molar-refractivity contribution < 1.29 is 4.74 Å². The maximum Gasteiger partial charge on any atom is 0.206 e. The van der Waals surface area contributed by atoms with Crippen molar-refractivity contribution in [3.05, 3.63) is 24.3 Å². The van der Waals surface area contributed by atoms with Gasteiger partial charge in [0.1, 0.15) is 10.8 Å². The summed E-state index contributed by atoms with van der Waals surface area (Å²) < 4.78 is 5.80. The highest BCUT2D eigenvalue weighted by molar-refractivity contribution is 7.18. The monoisotopic (exact) mass is 275 g/mol. The fourth-order valence-electron chi connectivity index (χ4n) is 1.72. The topological polar surface area (TPSA) is 47.0 Å². The van der Waals surface area contributed by atoms with E-state index in [-0.39, 0.29) is 0 Å². The zero-order chi connectivity index (χ0) is 13.1. The van der Waals surface area contributed by atoms with E-state index in [9.17, 15) is 0 Å². The largest absolute Gasteiger partial charge is 0.490 e. The lowest BCUT2D eigenvalue weighted by Gasteiger charge is -2.04. The fourth-order valence-corrected chi connectivity index (χ4v) is 2.49. The van der Waals surface area contributed by atoms with E-state index < -0.39 is 0 Å². The van der Waals surface area contributed by atoms with Crippen molar-refractivity contribution in [2.45, 2.75) is 32.3 Å². The van der Waals surface area contributed by atoms with Crippen LogP contribution in [0, 0.1) is 0 Å². The predicted molar refractivity (Wildman–Crippen MR) is 77.8 cm³/mol. The van der Waals surface area contributed by atoms with Crippen LogP contribution in [0.3, 0.4) is 0 Å². The first-order chi connectivity index (χ1) is 9.35. The molecule has 5 heteroatoms. The van der Waals surface area contributed by atoms with Crippen molar-refractivity contribution in [1.82, 2.24) is 10.2 Å². The number of nitrogens with zero attached hydrogens (tertiary/aromatic N) is 2. The Morgan fingerprint density at radius 2 is 2.26 bits per heavy atom. The zero-order valence-corrected chi connectivity index (χ0v) is 11.7. The number of hydrogen-bond acceptors (Lipinski definition) is 5. The van der Waals surface area contributed by atoms with Crippen LogP contribution in [-0.4, -0.2) is 22.8 Å². The molecule has 4 nitrogen and oxygen atoms in total. The van der Waals surface area contributed by atoms with Crippen LogP contribution < -0.4 is 10.1 Å². The van der Waals surface area contributed by atoms with Crippen LogP contribution in [0.4, 0.5) is 5.13 Å². The van der Waals surface area contributed by atoms with Crippen LogP contribution in [0.5, 0.6) is 5.75 Å². The highest BCUT2D eigenvalue weighted by Gasteiger charge is 2.23. The molecule has 1 aromatic carbocycles. The molecule has 0 spiro atoms. The minimum Gasteiger partial charge on any atom is -0.490 e. The molecular weight excluding hydrogens is 258 g/mol. The Hall–Kier alpha value is -1.62. The van der Waals surface area contributed by atoms with Gasteiger partial charge in [-0.1, -0.05) is 30.4 Å². The Kier molecular flexibility index (Phi) is 3.64. The SMILES string of the molecule is CCCNc1nnc(-c2cccc(OC3CC3)c2)s1. The van der Waals surface area contributed by atoms with Gasteiger partial charge in [-0.3, -0.25) is 0 Å². The van der Waals surface area contributed by atoms with Gasteiger partial charge in [0.15, 0.2) is 0 Å². The summed E-state index contributed by atoms with van der Waals surface area (Å²) in [7, 11) is 0. The average Bonchev–Trinajstić information content (AvgIpc) is 3.11. The molecule has 0 bridgehead atoms. The third-order valence-corrected chi connectivity index (χ3v) is 3.79. The van der Waals surface area contributed by atoms with E-state index in [0.29, 0.717) is 6.10 Å². The standard InChI is InChI=1S/C14H17N3OS/c1-2-8-15-14-17-16-13(19-14)10-4-3-5-12(9-10)18-11-6-7-11/h3-5,9,11H,2,6-8H2,1H3,(H,15,17). The summed E-state index contributed by atoms with van der Waals surface area (Å²) in [6.45, 7) is 3.06. The van der Waals surface area contributed by atoms with Crippen LogP contribution in [0.25, 0.3) is 10.6 Å². The summed E-state index contributed by atoms with van der Waals surface area (Å²) in [5.74, 6) is 0.929. The van der Waals surface area contributed by atoms with Crippen molar-refractivity contribution >= 4 is 16.5 Å². The molecule has 1 aromatic heterocycles. The van der Waals surface area contributed by atoms with Gasteiger partial charge >= 0.3 is 0 Å². The van der Waals surface area contributed by atoms with Gasteiger partial charge < -0.3 is 10.1 Å². The predicted octanol–water partition coefficient (Wildman–Crippen LogP) is 3.57. The van der Waals surface area contributed by atoms with E-state index in [1.54, 1.807) is 11.3 Å². The quantitative estimate of drug-likeness (QED) is 0.875. The lowest BCUT2D eigenvalue weighted by molar-refractivity contribution is 0.303. The van der Waals surface area contributed by atoms with Gasteiger partial charge in [-0.25, -0.2) is 0 Å². The molecule has 0 atom stereocenters. The van der Waals surface area contributed by atoms with E-state index in [1.165, 1.54) is 12.8 Å². The van der Waals surface area contributed by atoms with Crippen molar-refractivity contribution in [2.75, 3.05) is 11.9 Å². The van der Waals surface area contributed by atoms with E-state index in [1.807, 2.05) is 24.3 Å². The first-order valence-corrected chi connectivity index (χ1v) is 7.51. The lowest BCUT2D eigenvalue weighted by atomic mass is 10.2. The first kappa shape index (κ1) is 12.4. The first-order valence-electron chi connectivity index (χ1n) is 6.69. The number of nitrogens with one attached hydrogen (secondary N) is 1. The Morgan fingerprint density at radius 1 is 1.37 bits per heavy atom. The van der Waals surface area contributed by atoms with E-state index in [4.69, 9.17) is 4.74 Å². The Bertz CT molecular complexity index is 551. The summed E-state index contributed by atoms with van der Waals surface area (Å²) >= 11 is 1.58. The number of benzene rings is 1. The molecule has 1 aliphatic carbocycles. The average molecular weight is 275 g/mol. The smallest absolute Gasteiger partial charge is 0.206 e. The van der Waals surface area contributed by atoms with Gasteiger partial charge in [0.2, 0.25) is 5.13 Å². The fraction of sp³-hybridized carbons (Fsp3) is 0.429. The molecule has 0 radical (unpaired) electrons. The molecule has 1 heterocycles. The molecule has 1 saturated carbocycles. The van der Waals surface area contributed by atoms with Crippen molar-refractivity contribution in [2.24, 2.45) is 0 Å². The second-order valence-electron chi connectivity index (χ2n) is 4.68. The molecular formula is C14H17N3OS. The van der Waals surface area contributed by atoms with Gasteiger partial charge in [-0.15, -0.1) is 10.2 Å². The van der Waals surface area contributed by atoms with E-state index in [2.05, 4.69) is 22.4 Å². The number of anilines is 1. The van der Waals surface area contributed by atoms with Crippen LogP contribution in [0.2, 0.25) is 0 Å². The maximum absolute atomic E-state index is 5.80.